The summed E-state index contributed by atoms with van der Waals surface area (Å²) < 4.78 is 2.03. The molecule has 1 N–H and O–H groups in total. The SMILES string of the molecule is Cn1nc(CN(C(=O)NC(c2ccccc2)c2ccccc2)C2CCCC2)c2c1CCC2. The summed E-state index contributed by atoms with van der Waals surface area (Å²) in [6.45, 7) is 0.593. The number of carbonyl (C=O) groups excluding carboxylic acids is 1. The van der Waals surface area contributed by atoms with E-state index >= 15 is 0 Å². The number of hydrogen-bond acceptors (Lipinski definition) is 2. The molecule has 0 radical (unpaired) electrons. The molecule has 5 heteroatoms. The Hall–Kier alpha value is -3.08. The number of benzene rings is 2. The lowest BCUT2D eigenvalue weighted by molar-refractivity contribution is 0.167. The number of nitrogens with zero attached hydrogens (tertiary/aromatic N) is 3. The maximum absolute atomic E-state index is 13.8. The Morgan fingerprint density at radius 1 is 1.00 bits per heavy atom. The number of aryl methyl sites for hydroxylation is 1. The highest BCUT2D eigenvalue weighted by atomic mass is 16.2. The molecule has 2 aliphatic carbocycles. The van der Waals surface area contributed by atoms with E-state index in [-0.39, 0.29) is 18.1 Å². The molecule has 2 amide bonds. The summed E-state index contributed by atoms with van der Waals surface area (Å²) in [5, 5.41) is 8.19. The van der Waals surface area contributed by atoms with E-state index in [2.05, 4.69) is 34.5 Å². The van der Waals surface area contributed by atoms with E-state index in [1.54, 1.807) is 0 Å². The summed E-state index contributed by atoms with van der Waals surface area (Å²) in [4.78, 5) is 15.8. The maximum Gasteiger partial charge on any atom is 0.318 e. The standard InChI is InChI=1S/C27H32N4O/c1-30-25-18-10-17-23(25)24(29-30)19-31(22-15-8-9-16-22)27(32)28-26(20-11-4-2-5-12-20)21-13-6-3-7-14-21/h2-7,11-14,22,26H,8-10,15-19H2,1H3,(H,28,32). The first-order chi connectivity index (χ1) is 15.7. The molecule has 5 rings (SSSR count). The molecule has 1 saturated carbocycles. The second kappa shape index (κ2) is 9.19. The van der Waals surface area contributed by atoms with E-state index in [1.807, 2.05) is 48.1 Å². The fraction of sp³-hybridized carbons (Fsp3) is 0.407. The molecule has 0 bridgehead atoms. The van der Waals surface area contributed by atoms with Crippen LogP contribution in [0, 0.1) is 0 Å². The zero-order chi connectivity index (χ0) is 21.9. The monoisotopic (exact) mass is 428 g/mol. The fourth-order valence-corrected chi connectivity index (χ4v) is 5.43. The first-order valence-electron chi connectivity index (χ1n) is 11.9. The normalized spacial score (nSPS) is 15.8. The predicted octanol–water partition coefficient (Wildman–Crippen LogP) is 5.15. The van der Waals surface area contributed by atoms with Gasteiger partial charge in [-0.3, -0.25) is 4.68 Å². The topological polar surface area (TPSA) is 50.2 Å². The molecule has 0 aliphatic heterocycles. The van der Waals surface area contributed by atoms with Gasteiger partial charge in [0.1, 0.15) is 0 Å². The van der Waals surface area contributed by atoms with Gasteiger partial charge in [0.25, 0.3) is 0 Å². The molecule has 0 unspecified atom stereocenters. The number of amides is 2. The number of fused-ring (bicyclic) bond motifs is 1. The number of nitrogens with one attached hydrogen (secondary N) is 1. The van der Waals surface area contributed by atoms with E-state index in [0.717, 1.165) is 42.5 Å². The highest BCUT2D eigenvalue weighted by Crippen LogP contribution is 2.30. The zero-order valence-electron chi connectivity index (χ0n) is 18.8. The summed E-state index contributed by atoms with van der Waals surface area (Å²) in [6, 6.07) is 20.6. The molecule has 3 aromatic rings. The Kier molecular flexibility index (Phi) is 5.97. The van der Waals surface area contributed by atoms with Gasteiger partial charge in [-0.15, -0.1) is 0 Å². The van der Waals surface area contributed by atoms with Crippen LogP contribution in [0.15, 0.2) is 60.7 Å². The van der Waals surface area contributed by atoms with E-state index < -0.39 is 0 Å². The largest absolute Gasteiger partial charge is 0.327 e. The summed E-state index contributed by atoms with van der Waals surface area (Å²) in [5.41, 5.74) is 5.98. The van der Waals surface area contributed by atoms with Crippen molar-refractivity contribution in [2.45, 2.75) is 63.6 Å². The molecule has 1 aromatic heterocycles. The van der Waals surface area contributed by atoms with E-state index in [9.17, 15) is 4.79 Å². The summed E-state index contributed by atoms with van der Waals surface area (Å²) in [5.74, 6) is 0. The first kappa shape index (κ1) is 20.8. The molecular weight excluding hydrogens is 396 g/mol. The van der Waals surface area contributed by atoms with Gasteiger partial charge < -0.3 is 10.2 Å². The van der Waals surface area contributed by atoms with Crippen LogP contribution in [-0.4, -0.2) is 26.8 Å². The maximum atomic E-state index is 13.8. The quantitative estimate of drug-likeness (QED) is 0.590. The lowest BCUT2D eigenvalue weighted by Gasteiger charge is -2.31. The third-order valence-electron chi connectivity index (χ3n) is 7.08. The van der Waals surface area contributed by atoms with Crippen molar-refractivity contribution in [2.75, 3.05) is 0 Å². The van der Waals surface area contributed by atoms with Crippen molar-refractivity contribution in [1.29, 1.82) is 0 Å². The predicted molar refractivity (Wildman–Crippen MR) is 126 cm³/mol. The van der Waals surface area contributed by atoms with Crippen molar-refractivity contribution >= 4 is 6.03 Å². The van der Waals surface area contributed by atoms with E-state index in [0.29, 0.717) is 6.54 Å². The Balaban J connectivity index is 1.43. The second-order valence-corrected chi connectivity index (χ2v) is 9.12. The first-order valence-corrected chi connectivity index (χ1v) is 11.9. The van der Waals surface area contributed by atoms with E-state index in [1.165, 1.54) is 30.5 Å². The third kappa shape index (κ3) is 4.16. The highest BCUT2D eigenvalue weighted by Gasteiger charge is 2.31. The van der Waals surface area contributed by atoms with Crippen molar-refractivity contribution < 1.29 is 4.79 Å². The van der Waals surface area contributed by atoms with Gasteiger partial charge in [0.2, 0.25) is 0 Å². The van der Waals surface area contributed by atoms with Gasteiger partial charge in [-0.1, -0.05) is 73.5 Å². The van der Waals surface area contributed by atoms with Crippen molar-refractivity contribution in [3.8, 4) is 0 Å². The smallest absolute Gasteiger partial charge is 0.318 e. The molecular formula is C27H32N4O. The van der Waals surface area contributed by atoms with Gasteiger partial charge in [-0.2, -0.15) is 5.10 Å². The Bertz CT molecular complexity index is 1010. The van der Waals surface area contributed by atoms with Crippen LogP contribution in [0.3, 0.4) is 0 Å². The van der Waals surface area contributed by atoms with E-state index in [4.69, 9.17) is 5.10 Å². The van der Waals surface area contributed by atoms with Crippen molar-refractivity contribution in [3.05, 3.63) is 88.7 Å². The van der Waals surface area contributed by atoms with Crippen LogP contribution in [0.4, 0.5) is 4.79 Å². The average Bonchev–Trinajstić information content (AvgIpc) is 3.58. The van der Waals surface area contributed by atoms with Crippen molar-refractivity contribution in [3.63, 3.8) is 0 Å². The minimum atomic E-state index is -0.178. The van der Waals surface area contributed by atoms with Crippen LogP contribution in [0.1, 0.15) is 66.2 Å². The summed E-state index contributed by atoms with van der Waals surface area (Å²) in [7, 11) is 2.04. The van der Waals surface area contributed by atoms with Gasteiger partial charge in [0.15, 0.2) is 0 Å². The number of carbonyl (C=O) groups is 1. The molecule has 166 valence electrons. The third-order valence-corrected chi connectivity index (χ3v) is 7.08. The summed E-state index contributed by atoms with van der Waals surface area (Å²) >= 11 is 0. The lowest BCUT2D eigenvalue weighted by Crippen LogP contribution is -2.46. The van der Waals surface area contributed by atoms with Crippen LogP contribution < -0.4 is 5.32 Å². The Morgan fingerprint density at radius 3 is 2.25 bits per heavy atom. The minimum absolute atomic E-state index is 0.00649. The van der Waals surface area contributed by atoms with Crippen LogP contribution in [0.5, 0.6) is 0 Å². The molecule has 0 saturated heterocycles. The van der Waals surface area contributed by atoms with Crippen molar-refractivity contribution in [1.82, 2.24) is 20.0 Å². The molecule has 2 aromatic carbocycles. The number of hydrogen-bond donors (Lipinski definition) is 1. The zero-order valence-corrected chi connectivity index (χ0v) is 18.8. The molecule has 0 spiro atoms. The highest BCUT2D eigenvalue weighted by molar-refractivity contribution is 5.76. The number of aromatic nitrogens is 2. The molecule has 5 nitrogen and oxygen atoms in total. The Morgan fingerprint density at radius 2 is 1.62 bits per heavy atom. The minimum Gasteiger partial charge on any atom is -0.327 e. The number of rotatable bonds is 6. The molecule has 1 fully saturated rings. The molecule has 0 atom stereocenters. The Labute approximate surface area is 190 Å². The molecule has 1 heterocycles. The second-order valence-electron chi connectivity index (χ2n) is 9.12. The van der Waals surface area contributed by atoms with Crippen LogP contribution in [-0.2, 0) is 26.4 Å². The van der Waals surface area contributed by atoms with Gasteiger partial charge in [-0.05, 0) is 48.8 Å². The van der Waals surface area contributed by atoms with Crippen LogP contribution >= 0.6 is 0 Å². The average molecular weight is 429 g/mol. The molecule has 32 heavy (non-hydrogen) atoms. The van der Waals surface area contributed by atoms with Gasteiger partial charge in [0, 0.05) is 18.8 Å². The lowest BCUT2D eigenvalue weighted by atomic mass is 9.99. The fourth-order valence-electron chi connectivity index (χ4n) is 5.43. The molecule has 2 aliphatic rings. The van der Waals surface area contributed by atoms with Gasteiger partial charge >= 0.3 is 6.03 Å². The van der Waals surface area contributed by atoms with Crippen LogP contribution in [0.25, 0.3) is 0 Å². The van der Waals surface area contributed by atoms with Gasteiger partial charge in [-0.25, -0.2) is 4.79 Å². The van der Waals surface area contributed by atoms with Crippen LogP contribution in [0.2, 0.25) is 0 Å². The summed E-state index contributed by atoms with van der Waals surface area (Å²) in [6.07, 6.45) is 7.89. The number of urea groups is 1. The van der Waals surface area contributed by atoms with Gasteiger partial charge in [0.05, 0.1) is 18.3 Å². The van der Waals surface area contributed by atoms with Crippen molar-refractivity contribution in [2.24, 2.45) is 7.05 Å².